The first-order chi connectivity index (χ1) is 74.4. The van der Waals surface area contributed by atoms with Crippen LogP contribution in [0.3, 0.4) is 0 Å². The van der Waals surface area contributed by atoms with E-state index in [9.17, 15) is 0 Å². The van der Waals surface area contributed by atoms with E-state index >= 15 is 0 Å². The molecule has 0 N–H and O–H groups in total. The van der Waals surface area contributed by atoms with E-state index in [1.54, 1.807) is 0 Å². The Balaban J connectivity index is 0.000000101. The summed E-state index contributed by atoms with van der Waals surface area (Å²) < 4.78 is 19.8. The molecule has 32 aromatic rings. The van der Waals surface area contributed by atoms with Crippen molar-refractivity contribution in [1.29, 1.82) is 0 Å². The average Bonchev–Trinajstić information content (AvgIpc) is 1.56. The van der Waals surface area contributed by atoms with Gasteiger partial charge in [-0.25, -0.2) is 0 Å². The highest BCUT2D eigenvalue weighted by atomic mass is 32.1. The molecule has 0 radical (unpaired) electrons. The van der Waals surface area contributed by atoms with Crippen LogP contribution in [0.2, 0.25) is 0 Å². The Morgan fingerprint density at radius 1 is 0.120 bits per heavy atom. The number of nitrogens with zero attached hydrogens (tertiary/aromatic N) is 6. The van der Waals surface area contributed by atoms with Gasteiger partial charge in [-0.1, -0.05) is 352 Å². The van der Waals surface area contributed by atoms with Crippen molar-refractivity contribution >= 4 is 205 Å². The van der Waals surface area contributed by atoms with Crippen molar-refractivity contribution in [3.05, 3.63) is 534 Å². The maximum absolute atomic E-state index is 2.47. The van der Waals surface area contributed by atoms with E-state index in [-0.39, 0.29) is 0 Å². The summed E-state index contributed by atoms with van der Waals surface area (Å²) in [7, 11) is 0. The molecule has 0 unspecified atom stereocenters. The molecule has 8 heteroatoms. The highest BCUT2D eigenvalue weighted by molar-refractivity contribution is 7.26. The van der Waals surface area contributed by atoms with E-state index in [1.165, 1.54) is 283 Å². The molecule has 698 valence electrons. The Morgan fingerprint density at radius 3 is 0.827 bits per heavy atom. The van der Waals surface area contributed by atoms with Gasteiger partial charge in [0, 0.05) is 139 Å². The van der Waals surface area contributed by atoms with Gasteiger partial charge >= 0.3 is 0 Å². The summed E-state index contributed by atoms with van der Waals surface area (Å²) in [5.41, 5.74) is 39.2. The highest BCUT2D eigenvalue weighted by Crippen LogP contribution is 2.52. The predicted molar refractivity (Wildman–Crippen MR) is 640 cm³/mol. The molecule has 0 amide bonds. The van der Waals surface area contributed by atoms with Gasteiger partial charge in [0.15, 0.2) is 0 Å². The number of rotatable bonds is 11. The van der Waals surface area contributed by atoms with Crippen LogP contribution in [0.4, 0.5) is 0 Å². The average molecular weight is 1940 g/mol. The molecule has 150 heavy (non-hydrogen) atoms. The molecular formula is C142H88N6S2. The number of para-hydroxylation sites is 9. The molecule has 1 aliphatic rings. The van der Waals surface area contributed by atoms with Gasteiger partial charge in [-0.05, 0) is 265 Å². The van der Waals surface area contributed by atoms with Crippen molar-refractivity contribution in [2.75, 3.05) is 0 Å². The van der Waals surface area contributed by atoms with E-state index < -0.39 is 0 Å². The van der Waals surface area contributed by atoms with Gasteiger partial charge in [-0.3, -0.25) is 0 Å². The molecule has 33 rings (SSSR count). The summed E-state index contributed by atoms with van der Waals surface area (Å²) in [6.45, 7) is 0. The zero-order chi connectivity index (χ0) is 98.3. The third-order valence-corrected chi connectivity index (χ3v) is 33.9. The Labute approximate surface area is 871 Å². The number of hydrogen-bond donors (Lipinski definition) is 0. The van der Waals surface area contributed by atoms with Crippen molar-refractivity contribution in [3.63, 3.8) is 0 Å². The first kappa shape index (κ1) is 85.2. The molecule has 0 saturated heterocycles. The molecule has 6 nitrogen and oxygen atoms in total. The van der Waals surface area contributed by atoms with Crippen LogP contribution in [-0.2, 0) is 0 Å². The van der Waals surface area contributed by atoms with Crippen molar-refractivity contribution in [3.8, 4) is 112 Å². The van der Waals surface area contributed by atoms with Gasteiger partial charge < -0.3 is 27.4 Å². The molecule has 24 aromatic carbocycles. The first-order valence-electron chi connectivity index (χ1n) is 51.5. The zero-order valence-electron chi connectivity index (χ0n) is 81.3. The topological polar surface area (TPSA) is 29.6 Å². The Morgan fingerprint density at radius 2 is 0.387 bits per heavy atom. The van der Waals surface area contributed by atoms with Gasteiger partial charge in [-0.2, -0.15) is 0 Å². The van der Waals surface area contributed by atoms with Crippen LogP contribution in [0.15, 0.2) is 534 Å². The third-order valence-electron chi connectivity index (χ3n) is 31.5. The molecule has 1 aliphatic carbocycles. The number of hydrogen-bond acceptors (Lipinski definition) is 2. The maximum Gasteiger partial charge on any atom is 0.0547 e. The fourth-order valence-corrected chi connectivity index (χ4v) is 27.1. The fourth-order valence-electron chi connectivity index (χ4n) is 24.8. The summed E-state index contributed by atoms with van der Waals surface area (Å²) in [5, 5.41) is 23.1. The zero-order valence-corrected chi connectivity index (χ0v) is 82.9. The lowest BCUT2D eigenvalue weighted by Crippen LogP contribution is -1.95. The van der Waals surface area contributed by atoms with E-state index in [2.05, 4.69) is 561 Å². The summed E-state index contributed by atoms with van der Waals surface area (Å²) in [6.07, 6.45) is 0. The van der Waals surface area contributed by atoms with E-state index in [0.29, 0.717) is 0 Å². The number of thiophene rings is 2. The smallest absolute Gasteiger partial charge is 0.0547 e. The molecule has 0 fully saturated rings. The molecule has 0 saturated carbocycles. The summed E-state index contributed by atoms with van der Waals surface area (Å²) >= 11 is 3.75. The molecule has 0 aliphatic heterocycles. The summed E-state index contributed by atoms with van der Waals surface area (Å²) in [6, 6.07) is 196. The Bertz CT molecular complexity index is 11200. The minimum absolute atomic E-state index is 1.16. The Hall–Kier alpha value is -19.2. The van der Waals surface area contributed by atoms with Crippen LogP contribution in [-0.4, -0.2) is 27.4 Å². The van der Waals surface area contributed by atoms with Crippen molar-refractivity contribution in [2.45, 2.75) is 0 Å². The van der Waals surface area contributed by atoms with Gasteiger partial charge in [0.05, 0.1) is 71.9 Å². The second kappa shape index (κ2) is 34.2. The number of benzene rings is 24. The molecule has 0 bridgehead atoms. The third kappa shape index (κ3) is 13.4. The van der Waals surface area contributed by atoms with E-state index in [0.717, 1.165) is 11.4 Å². The Kier molecular flexibility index (Phi) is 19.4. The van der Waals surface area contributed by atoms with Crippen molar-refractivity contribution < 1.29 is 0 Å². The van der Waals surface area contributed by atoms with Crippen molar-refractivity contribution in [1.82, 2.24) is 27.4 Å². The van der Waals surface area contributed by atoms with E-state index in [1.807, 2.05) is 22.7 Å². The van der Waals surface area contributed by atoms with Gasteiger partial charge in [0.1, 0.15) is 0 Å². The largest absolute Gasteiger partial charge is 0.309 e. The standard InChI is InChI=1S/2C48H30N2S.C46H28N2/c1-2-11-34(12-3-1)49-44-19-8-5-14-38(44)42-29-32(24-28-45(42)49)33-23-27-39-37-13-4-7-18-43(37)50(46(39)30-33)35-25-21-31(22-26-35)36-16-10-17-41-40-15-6-9-20-47(40)51-48(36)41;1-2-10-35(11-3-1)49-44-16-8-5-13-38(44)42-28-32(22-27-45(42)49)33-20-25-39-37-12-4-7-15-43(37)50(46(39)29-33)36-23-18-31(19-24-36)34-21-26-41-40-14-6-9-17-47(40)51-48(41)30-34;1-2-11-31(12-3-1)47-41-19-8-6-15-34(41)39-27-29(21-24-44(39)47)30-22-25-45-40(28-30)35-16-7-9-20-42(35)48(45)43-26-23-37-33-14-5-4-13-32(33)36-17-10-18-38(43)46(36)37/h2*1-30H;1-28H. The maximum atomic E-state index is 2.47. The lowest BCUT2D eigenvalue weighted by molar-refractivity contribution is 1.18. The van der Waals surface area contributed by atoms with Gasteiger partial charge in [0.2, 0.25) is 0 Å². The van der Waals surface area contributed by atoms with Crippen LogP contribution in [0.25, 0.3) is 294 Å². The summed E-state index contributed by atoms with van der Waals surface area (Å²) in [4.78, 5) is 0. The molecule has 0 atom stereocenters. The monoisotopic (exact) mass is 1940 g/mol. The number of fused-ring (bicyclic) bond motifs is 27. The lowest BCUT2D eigenvalue weighted by Gasteiger charge is -2.13. The number of aromatic nitrogens is 6. The normalized spacial score (nSPS) is 12.0. The SMILES string of the molecule is c1ccc(-n2c3ccccc3c3cc(-c4ccc5c(c4)c4ccccc4n5-c4ccc5c6c(cccc46)-c4ccccc4-5)ccc32)cc1.c1ccc(-n2c3ccccc3c3cc(-c4ccc5c6ccccc6n(-c6ccc(-c7ccc8c(c7)sc7ccccc78)cc6)c5c4)ccc32)cc1.c1ccc(-n2c3ccccc3c3cc(-c4ccc5c6ccccc6n(-c6ccc(-c7cccc8c7sc7ccccc78)cc6)c5c4)ccc32)cc1. The summed E-state index contributed by atoms with van der Waals surface area (Å²) in [5.74, 6) is 0. The molecule has 8 aromatic heterocycles. The van der Waals surface area contributed by atoms with Crippen molar-refractivity contribution in [2.24, 2.45) is 0 Å². The van der Waals surface area contributed by atoms with Crippen LogP contribution >= 0.6 is 22.7 Å². The molecular weight excluding hydrogens is 1850 g/mol. The molecule has 8 heterocycles. The van der Waals surface area contributed by atoms with Crippen LogP contribution in [0.1, 0.15) is 0 Å². The highest BCUT2D eigenvalue weighted by Gasteiger charge is 2.28. The van der Waals surface area contributed by atoms with Gasteiger partial charge in [0.25, 0.3) is 0 Å². The quantitative estimate of drug-likeness (QED) is 0.124. The van der Waals surface area contributed by atoms with Crippen LogP contribution in [0.5, 0.6) is 0 Å². The molecule has 0 spiro atoms. The minimum atomic E-state index is 1.16. The second-order valence-electron chi connectivity index (χ2n) is 39.6. The van der Waals surface area contributed by atoms with Gasteiger partial charge in [-0.15, -0.1) is 22.7 Å². The van der Waals surface area contributed by atoms with E-state index in [4.69, 9.17) is 0 Å². The first-order valence-corrected chi connectivity index (χ1v) is 53.1. The van der Waals surface area contributed by atoms with Crippen LogP contribution in [0, 0.1) is 0 Å². The second-order valence-corrected chi connectivity index (χ2v) is 41.7. The lowest BCUT2D eigenvalue weighted by atomic mass is 10.0. The van der Waals surface area contributed by atoms with Crippen LogP contribution < -0.4 is 0 Å². The fraction of sp³-hybridized carbons (Fsp3) is 0. The minimum Gasteiger partial charge on any atom is -0.309 e. The predicted octanol–water partition coefficient (Wildman–Crippen LogP) is 39.5.